The number of urea groups is 1. The monoisotopic (exact) mass is 286 g/mol. The molecule has 0 aliphatic rings. The number of nitrogens with zero attached hydrogens (tertiary/aromatic N) is 2. The smallest absolute Gasteiger partial charge is 0.264 e. The van der Waals surface area contributed by atoms with Crippen molar-refractivity contribution in [1.29, 1.82) is 0 Å². The molecule has 0 heterocycles. The van der Waals surface area contributed by atoms with Crippen molar-refractivity contribution in [2.75, 3.05) is 17.8 Å². The number of anilines is 1. The molecule has 0 radical (unpaired) electrons. The van der Waals surface area contributed by atoms with Gasteiger partial charge in [0.15, 0.2) is 0 Å². The molecule has 2 amide bonds. The van der Waals surface area contributed by atoms with E-state index in [0.29, 0.717) is 11.4 Å². The lowest BCUT2D eigenvalue weighted by atomic mass is 10.2. The molecule has 0 spiro atoms. The van der Waals surface area contributed by atoms with Gasteiger partial charge in [-0.3, -0.25) is 5.01 Å². The number of amides is 2. The predicted octanol–water partition coefficient (Wildman–Crippen LogP) is 1.83. The largest absolute Gasteiger partial charge is 0.352 e. The van der Waals surface area contributed by atoms with Crippen LogP contribution in [0.25, 0.3) is 0 Å². The van der Waals surface area contributed by atoms with E-state index in [4.69, 9.17) is 11.7 Å². The predicted molar refractivity (Wildman–Crippen MR) is 79.5 cm³/mol. The van der Waals surface area contributed by atoms with Gasteiger partial charge < -0.3 is 0 Å². The van der Waals surface area contributed by atoms with E-state index < -0.39 is 6.03 Å². The van der Waals surface area contributed by atoms with Gasteiger partial charge >= 0.3 is 6.03 Å². The Morgan fingerprint density at radius 3 is 2.61 bits per heavy atom. The molecule has 100 valence electrons. The van der Waals surface area contributed by atoms with Gasteiger partial charge in [-0.2, -0.15) is 12.6 Å². The topological polar surface area (TPSA) is 75.6 Å². The van der Waals surface area contributed by atoms with E-state index in [1.54, 1.807) is 17.8 Å². The van der Waals surface area contributed by atoms with E-state index in [-0.39, 0.29) is 0 Å². The number of thiol groups is 1. The fraction of sp³-hybridized carbons (Fsp3) is 0.364. The SMILES string of the molecule is CCSc1cccc(N(N)C(=O)N(C)N)c1CS. The number of carbonyl (C=O) groups is 1. The van der Waals surface area contributed by atoms with E-state index in [0.717, 1.165) is 26.2 Å². The zero-order valence-corrected chi connectivity index (χ0v) is 12.2. The first-order valence-corrected chi connectivity index (χ1v) is 7.07. The minimum atomic E-state index is -0.475. The van der Waals surface area contributed by atoms with Gasteiger partial charge in [0, 0.05) is 23.3 Å². The Morgan fingerprint density at radius 1 is 1.44 bits per heavy atom. The zero-order chi connectivity index (χ0) is 13.7. The Bertz CT molecular complexity index is 426. The van der Waals surface area contributed by atoms with Gasteiger partial charge in [0.1, 0.15) is 0 Å². The number of thioether (sulfide) groups is 1. The van der Waals surface area contributed by atoms with Crippen molar-refractivity contribution in [3.05, 3.63) is 23.8 Å². The Labute approximate surface area is 117 Å². The lowest BCUT2D eigenvalue weighted by molar-refractivity contribution is 0.216. The van der Waals surface area contributed by atoms with Crippen molar-refractivity contribution in [3.8, 4) is 0 Å². The molecular weight excluding hydrogens is 268 g/mol. The summed E-state index contributed by atoms with van der Waals surface area (Å²) in [5, 5.41) is 1.99. The molecule has 1 rings (SSSR count). The van der Waals surface area contributed by atoms with Crippen LogP contribution < -0.4 is 16.7 Å². The number of nitrogens with two attached hydrogens (primary N) is 2. The van der Waals surface area contributed by atoms with Crippen LogP contribution in [0.15, 0.2) is 23.1 Å². The molecule has 0 aliphatic carbocycles. The van der Waals surface area contributed by atoms with Crippen LogP contribution in [0.5, 0.6) is 0 Å². The number of benzene rings is 1. The van der Waals surface area contributed by atoms with Crippen LogP contribution in [0.3, 0.4) is 0 Å². The molecule has 0 saturated heterocycles. The summed E-state index contributed by atoms with van der Waals surface area (Å²) in [6.07, 6.45) is 0. The second-order valence-electron chi connectivity index (χ2n) is 3.61. The van der Waals surface area contributed by atoms with Crippen LogP contribution in [-0.2, 0) is 5.75 Å². The standard InChI is InChI=1S/C11H18N4OS2/c1-3-18-10-6-4-5-9(8(10)7-17)15(13)11(16)14(2)12/h4-6,17H,3,7,12-13H2,1-2H3. The van der Waals surface area contributed by atoms with Crippen molar-refractivity contribution in [2.45, 2.75) is 17.6 Å². The minimum absolute atomic E-state index is 0.475. The van der Waals surface area contributed by atoms with Crippen LogP contribution in [-0.4, -0.2) is 23.8 Å². The van der Waals surface area contributed by atoms with Crippen LogP contribution in [0.1, 0.15) is 12.5 Å². The maximum atomic E-state index is 11.8. The Morgan fingerprint density at radius 2 is 2.11 bits per heavy atom. The molecular formula is C11H18N4OS2. The van der Waals surface area contributed by atoms with Gasteiger partial charge in [0.25, 0.3) is 0 Å². The van der Waals surface area contributed by atoms with Crippen LogP contribution >= 0.6 is 24.4 Å². The highest BCUT2D eigenvalue weighted by molar-refractivity contribution is 7.99. The molecule has 1 aromatic carbocycles. The molecule has 4 N–H and O–H groups in total. The quantitative estimate of drug-likeness (QED) is 0.259. The second kappa shape index (κ2) is 6.89. The summed E-state index contributed by atoms with van der Waals surface area (Å²) in [6.45, 7) is 2.07. The van der Waals surface area contributed by atoms with Crippen LogP contribution in [0, 0.1) is 0 Å². The fourth-order valence-corrected chi connectivity index (χ4v) is 2.78. The summed E-state index contributed by atoms with van der Waals surface area (Å²) in [6, 6.07) is 5.17. The third-order valence-electron chi connectivity index (χ3n) is 2.33. The van der Waals surface area contributed by atoms with Crippen LogP contribution in [0.2, 0.25) is 0 Å². The van der Waals surface area contributed by atoms with Gasteiger partial charge in [-0.15, -0.1) is 11.8 Å². The Kier molecular flexibility index (Phi) is 5.80. The van der Waals surface area contributed by atoms with E-state index >= 15 is 0 Å². The van der Waals surface area contributed by atoms with E-state index in [1.807, 2.05) is 12.1 Å². The normalized spacial score (nSPS) is 10.3. The summed E-state index contributed by atoms with van der Waals surface area (Å²) in [4.78, 5) is 12.8. The maximum Gasteiger partial charge on any atom is 0.352 e. The van der Waals surface area contributed by atoms with Crippen molar-refractivity contribution in [3.63, 3.8) is 0 Å². The lowest BCUT2D eigenvalue weighted by Crippen LogP contribution is -2.48. The van der Waals surface area contributed by atoms with E-state index in [1.165, 1.54) is 7.05 Å². The molecule has 0 unspecified atom stereocenters. The third kappa shape index (κ3) is 3.32. The summed E-state index contributed by atoms with van der Waals surface area (Å²) in [5.74, 6) is 12.7. The first-order chi connectivity index (χ1) is 8.52. The molecule has 0 atom stereocenters. The zero-order valence-electron chi connectivity index (χ0n) is 10.5. The van der Waals surface area contributed by atoms with Crippen molar-refractivity contribution in [1.82, 2.24) is 5.01 Å². The summed E-state index contributed by atoms with van der Waals surface area (Å²) in [7, 11) is 1.45. The number of carbonyl (C=O) groups excluding carboxylic acids is 1. The van der Waals surface area contributed by atoms with Gasteiger partial charge in [-0.1, -0.05) is 13.0 Å². The number of rotatable bonds is 4. The lowest BCUT2D eigenvalue weighted by Gasteiger charge is -2.23. The van der Waals surface area contributed by atoms with E-state index in [2.05, 4.69) is 19.6 Å². The average Bonchev–Trinajstić information content (AvgIpc) is 2.37. The first kappa shape index (κ1) is 15.2. The highest BCUT2D eigenvalue weighted by atomic mass is 32.2. The number of hydrogen-bond acceptors (Lipinski definition) is 5. The Hall–Kier alpha value is -0.890. The van der Waals surface area contributed by atoms with Crippen molar-refractivity contribution in [2.24, 2.45) is 11.7 Å². The highest BCUT2D eigenvalue weighted by Crippen LogP contribution is 2.31. The number of hydrazine groups is 2. The average molecular weight is 286 g/mol. The molecule has 0 fully saturated rings. The van der Waals surface area contributed by atoms with Gasteiger partial charge in [-0.25, -0.2) is 21.5 Å². The van der Waals surface area contributed by atoms with Gasteiger partial charge in [0.2, 0.25) is 0 Å². The summed E-state index contributed by atoms with van der Waals surface area (Å²) >= 11 is 6.00. The number of hydrogen-bond donors (Lipinski definition) is 3. The molecule has 5 nitrogen and oxygen atoms in total. The summed E-state index contributed by atoms with van der Waals surface area (Å²) < 4.78 is 0. The van der Waals surface area contributed by atoms with Crippen molar-refractivity contribution >= 4 is 36.1 Å². The first-order valence-electron chi connectivity index (χ1n) is 5.45. The molecule has 0 aromatic heterocycles. The minimum Gasteiger partial charge on any atom is -0.264 e. The van der Waals surface area contributed by atoms with E-state index in [9.17, 15) is 4.79 Å². The molecule has 7 heteroatoms. The highest BCUT2D eigenvalue weighted by Gasteiger charge is 2.18. The van der Waals surface area contributed by atoms with Crippen molar-refractivity contribution < 1.29 is 4.79 Å². The molecule has 0 aliphatic heterocycles. The maximum absolute atomic E-state index is 11.8. The van der Waals surface area contributed by atoms with Gasteiger partial charge in [0.05, 0.1) is 5.69 Å². The Balaban J connectivity index is 3.15. The molecule has 18 heavy (non-hydrogen) atoms. The van der Waals surface area contributed by atoms with Gasteiger partial charge in [-0.05, 0) is 17.9 Å². The molecule has 0 bridgehead atoms. The fourth-order valence-electron chi connectivity index (χ4n) is 1.50. The summed E-state index contributed by atoms with van der Waals surface area (Å²) in [5.41, 5.74) is 1.57. The van der Waals surface area contributed by atoms with Crippen LogP contribution in [0.4, 0.5) is 10.5 Å². The second-order valence-corrected chi connectivity index (χ2v) is 5.23. The molecule has 1 aromatic rings. The third-order valence-corrected chi connectivity index (χ3v) is 3.63. The molecule has 0 saturated carbocycles.